The van der Waals surface area contributed by atoms with Crippen molar-refractivity contribution in [2.45, 2.75) is 65.3 Å². The molecule has 0 bridgehead atoms. The van der Waals surface area contributed by atoms with Crippen molar-refractivity contribution < 1.29 is 0 Å². The third-order valence-electron chi connectivity index (χ3n) is 4.09. The van der Waals surface area contributed by atoms with E-state index in [1.165, 1.54) is 32.1 Å². The second kappa shape index (κ2) is 13.6. The molecule has 1 rings (SSSR count). The van der Waals surface area contributed by atoms with E-state index >= 15 is 0 Å². The molecule has 0 aromatic rings. The van der Waals surface area contributed by atoms with Gasteiger partial charge in [0.15, 0.2) is 5.96 Å². The summed E-state index contributed by atoms with van der Waals surface area (Å²) in [7, 11) is 0. The summed E-state index contributed by atoms with van der Waals surface area (Å²) in [6.45, 7) is 11.9. The highest BCUT2D eigenvalue weighted by atomic mass is 127. The number of nitrogens with one attached hydrogen (secondary N) is 2. The van der Waals surface area contributed by atoms with E-state index in [0.29, 0.717) is 6.04 Å². The van der Waals surface area contributed by atoms with Gasteiger partial charge in [-0.15, -0.1) is 24.0 Å². The van der Waals surface area contributed by atoms with Crippen LogP contribution in [0.15, 0.2) is 4.99 Å². The molecule has 0 aromatic heterocycles. The van der Waals surface area contributed by atoms with Crippen LogP contribution in [0.1, 0.15) is 59.3 Å². The molecular weight excluding hydrogens is 375 g/mol. The number of halogens is 1. The van der Waals surface area contributed by atoms with Crippen LogP contribution in [-0.4, -0.2) is 49.6 Å². The van der Waals surface area contributed by atoms with Crippen LogP contribution in [0, 0.1) is 0 Å². The Morgan fingerprint density at radius 3 is 2.33 bits per heavy atom. The van der Waals surface area contributed by atoms with Crippen molar-refractivity contribution >= 4 is 29.9 Å². The fraction of sp³-hybridized carbons (Fsp3) is 0.938. The molecule has 0 unspecified atom stereocenters. The maximum absolute atomic E-state index is 4.72. The Morgan fingerprint density at radius 1 is 1.10 bits per heavy atom. The highest BCUT2D eigenvalue weighted by Crippen LogP contribution is 2.17. The number of hydrogen-bond acceptors (Lipinski definition) is 2. The lowest BCUT2D eigenvalue weighted by Gasteiger charge is -2.25. The van der Waals surface area contributed by atoms with Gasteiger partial charge in [-0.05, 0) is 45.8 Å². The van der Waals surface area contributed by atoms with E-state index in [1.807, 2.05) is 0 Å². The molecule has 1 aliphatic rings. The highest BCUT2D eigenvalue weighted by molar-refractivity contribution is 14.0. The Kier molecular flexibility index (Phi) is 13.6. The van der Waals surface area contributed by atoms with Crippen molar-refractivity contribution in [2.75, 3.05) is 32.7 Å². The van der Waals surface area contributed by atoms with Gasteiger partial charge in [0.1, 0.15) is 0 Å². The van der Waals surface area contributed by atoms with Crippen molar-refractivity contribution in [1.82, 2.24) is 15.5 Å². The zero-order chi connectivity index (χ0) is 14.6. The summed E-state index contributed by atoms with van der Waals surface area (Å²) in [4.78, 5) is 7.17. The summed E-state index contributed by atoms with van der Waals surface area (Å²) >= 11 is 0. The molecule has 0 atom stereocenters. The van der Waals surface area contributed by atoms with E-state index in [2.05, 4.69) is 36.3 Å². The zero-order valence-corrected chi connectivity index (χ0v) is 16.5. The molecule has 0 spiro atoms. The average Bonchev–Trinajstić information content (AvgIpc) is 2.48. The molecule has 0 aliphatic heterocycles. The molecule has 1 saturated carbocycles. The van der Waals surface area contributed by atoms with E-state index in [9.17, 15) is 0 Å². The van der Waals surface area contributed by atoms with Gasteiger partial charge in [-0.1, -0.05) is 33.1 Å². The third kappa shape index (κ3) is 9.55. The van der Waals surface area contributed by atoms with Crippen LogP contribution in [0.5, 0.6) is 0 Å². The van der Waals surface area contributed by atoms with Crippen LogP contribution < -0.4 is 10.6 Å². The summed E-state index contributed by atoms with van der Waals surface area (Å²) in [6, 6.07) is 0.629. The van der Waals surface area contributed by atoms with Crippen LogP contribution in [0.25, 0.3) is 0 Å². The molecule has 1 aliphatic carbocycles. The largest absolute Gasteiger partial charge is 0.357 e. The van der Waals surface area contributed by atoms with Crippen molar-refractivity contribution in [1.29, 1.82) is 0 Å². The monoisotopic (exact) mass is 410 g/mol. The number of hydrogen-bond donors (Lipinski definition) is 2. The molecule has 5 heteroatoms. The van der Waals surface area contributed by atoms with Gasteiger partial charge in [0.05, 0.1) is 0 Å². The van der Waals surface area contributed by atoms with Crippen LogP contribution >= 0.6 is 24.0 Å². The fourth-order valence-electron chi connectivity index (χ4n) is 2.79. The summed E-state index contributed by atoms with van der Waals surface area (Å²) in [6.07, 6.45) is 7.85. The molecule has 2 N–H and O–H groups in total. The minimum absolute atomic E-state index is 0. The van der Waals surface area contributed by atoms with Gasteiger partial charge in [0, 0.05) is 19.1 Å². The van der Waals surface area contributed by atoms with Gasteiger partial charge in [-0.25, -0.2) is 0 Å². The summed E-state index contributed by atoms with van der Waals surface area (Å²) in [5.74, 6) is 1.01. The minimum Gasteiger partial charge on any atom is -0.357 e. The van der Waals surface area contributed by atoms with Crippen molar-refractivity contribution in [3.63, 3.8) is 0 Å². The molecule has 1 fully saturated rings. The van der Waals surface area contributed by atoms with Crippen LogP contribution in [-0.2, 0) is 0 Å². The lowest BCUT2D eigenvalue weighted by atomic mass is 9.96. The van der Waals surface area contributed by atoms with E-state index in [0.717, 1.165) is 45.1 Å². The normalized spacial score (nSPS) is 16.7. The zero-order valence-electron chi connectivity index (χ0n) is 14.2. The Labute approximate surface area is 148 Å². The van der Waals surface area contributed by atoms with Crippen molar-refractivity contribution in [2.24, 2.45) is 4.99 Å². The van der Waals surface area contributed by atoms with Gasteiger partial charge >= 0.3 is 0 Å². The topological polar surface area (TPSA) is 39.7 Å². The smallest absolute Gasteiger partial charge is 0.191 e. The number of guanidine groups is 1. The molecule has 0 amide bonds. The second-order valence-corrected chi connectivity index (χ2v) is 5.62. The molecule has 0 aromatic carbocycles. The van der Waals surface area contributed by atoms with Crippen molar-refractivity contribution in [3.05, 3.63) is 0 Å². The first-order valence-electron chi connectivity index (χ1n) is 8.57. The second-order valence-electron chi connectivity index (χ2n) is 5.62. The summed E-state index contributed by atoms with van der Waals surface area (Å²) < 4.78 is 0. The molecule has 126 valence electrons. The van der Waals surface area contributed by atoms with Gasteiger partial charge in [0.2, 0.25) is 0 Å². The molecule has 21 heavy (non-hydrogen) atoms. The minimum atomic E-state index is 0. The van der Waals surface area contributed by atoms with Gasteiger partial charge in [-0.3, -0.25) is 4.99 Å². The number of nitrogens with zero attached hydrogens (tertiary/aromatic N) is 2. The first kappa shape index (κ1) is 21.0. The number of rotatable bonds is 8. The lowest BCUT2D eigenvalue weighted by Crippen LogP contribution is -2.44. The number of aliphatic imine (C=N–C) groups is 1. The molecular formula is C16H35IN4. The fourth-order valence-corrected chi connectivity index (χ4v) is 2.79. The molecule has 0 saturated heterocycles. The quantitative estimate of drug-likeness (QED) is 0.279. The average molecular weight is 410 g/mol. The van der Waals surface area contributed by atoms with Gasteiger partial charge in [-0.2, -0.15) is 0 Å². The SMILES string of the molecule is CCNC(=NCCCN(CC)CC)NC1CCCCC1.I. The van der Waals surface area contributed by atoms with Crippen LogP contribution in [0.3, 0.4) is 0 Å². The van der Waals surface area contributed by atoms with E-state index in [1.54, 1.807) is 0 Å². The first-order chi connectivity index (χ1) is 9.80. The van der Waals surface area contributed by atoms with E-state index in [4.69, 9.17) is 4.99 Å². The predicted octanol–water partition coefficient (Wildman–Crippen LogP) is 3.22. The predicted molar refractivity (Wildman–Crippen MR) is 104 cm³/mol. The summed E-state index contributed by atoms with van der Waals surface area (Å²) in [5.41, 5.74) is 0. The Morgan fingerprint density at radius 2 is 1.76 bits per heavy atom. The summed E-state index contributed by atoms with van der Waals surface area (Å²) in [5, 5.41) is 6.97. The van der Waals surface area contributed by atoms with Crippen LogP contribution in [0.2, 0.25) is 0 Å². The van der Waals surface area contributed by atoms with Gasteiger partial charge in [0.25, 0.3) is 0 Å². The molecule has 4 nitrogen and oxygen atoms in total. The molecule has 0 radical (unpaired) electrons. The Bertz CT molecular complexity index is 261. The maximum atomic E-state index is 4.72. The van der Waals surface area contributed by atoms with E-state index in [-0.39, 0.29) is 24.0 Å². The molecule has 0 heterocycles. The standard InChI is InChI=1S/C16H34N4.HI/c1-4-17-16(19-15-11-8-7-9-12-15)18-13-10-14-20(5-2)6-3;/h15H,4-14H2,1-3H3,(H2,17,18,19);1H. The lowest BCUT2D eigenvalue weighted by molar-refractivity contribution is 0.302. The third-order valence-corrected chi connectivity index (χ3v) is 4.09. The van der Waals surface area contributed by atoms with Crippen molar-refractivity contribution in [3.8, 4) is 0 Å². The maximum Gasteiger partial charge on any atom is 0.191 e. The van der Waals surface area contributed by atoms with Gasteiger partial charge < -0.3 is 15.5 Å². The first-order valence-corrected chi connectivity index (χ1v) is 8.57. The highest BCUT2D eigenvalue weighted by Gasteiger charge is 2.14. The Balaban J connectivity index is 0.00000400. The Hall–Kier alpha value is -0.0400. The van der Waals surface area contributed by atoms with E-state index < -0.39 is 0 Å². The van der Waals surface area contributed by atoms with Crippen LogP contribution in [0.4, 0.5) is 0 Å².